The van der Waals surface area contributed by atoms with Crippen LogP contribution >= 0.6 is 0 Å². The van der Waals surface area contributed by atoms with Gasteiger partial charge in [0.25, 0.3) is 0 Å². The van der Waals surface area contributed by atoms with E-state index in [1.54, 1.807) is 0 Å². The van der Waals surface area contributed by atoms with Crippen molar-refractivity contribution in [2.24, 2.45) is 7.05 Å². The van der Waals surface area contributed by atoms with Crippen LogP contribution in [-0.2, 0) is 13.5 Å². The van der Waals surface area contributed by atoms with Gasteiger partial charge in [0, 0.05) is 36.9 Å². The molecule has 0 aromatic carbocycles. The topological polar surface area (TPSA) is 35.6 Å². The molecule has 0 saturated carbocycles. The first-order valence-electron chi connectivity index (χ1n) is 5.05. The molecule has 1 aliphatic heterocycles. The minimum absolute atomic E-state index is 1.06. The first-order chi connectivity index (χ1) is 7.33. The average molecular weight is 200 g/mol. The Kier molecular flexibility index (Phi) is 1.74. The highest BCUT2D eigenvalue weighted by atomic mass is 15.3. The van der Waals surface area contributed by atoms with Crippen molar-refractivity contribution < 1.29 is 0 Å². The quantitative estimate of drug-likeness (QED) is 0.700. The standard InChI is InChI=1S/C11H12N4/c1-14-7-10(6-13-14)9-2-3-11-4-5-12-15(11)8-9/h4-8H,2-3H2,1H3. The summed E-state index contributed by atoms with van der Waals surface area (Å²) in [6.45, 7) is 0. The molecule has 4 heteroatoms. The summed E-state index contributed by atoms with van der Waals surface area (Å²) in [6.07, 6.45) is 10.0. The SMILES string of the molecule is Cn1cc(C2=Cn3nccc3CC2)cn1. The molecule has 4 nitrogen and oxygen atoms in total. The molecule has 76 valence electrons. The maximum absolute atomic E-state index is 4.25. The van der Waals surface area contributed by atoms with Gasteiger partial charge < -0.3 is 0 Å². The Labute approximate surface area is 87.8 Å². The summed E-state index contributed by atoms with van der Waals surface area (Å²) >= 11 is 0. The second-order valence-electron chi connectivity index (χ2n) is 3.82. The Morgan fingerprint density at radius 2 is 2.20 bits per heavy atom. The molecule has 0 fully saturated rings. The van der Waals surface area contributed by atoms with Gasteiger partial charge in [0.15, 0.2) is 0 Å². The lowest BCUT2D eigenvalue weighted by Crippen LogP contribution is -2.04. The number of allylic oxidation sites excluding steroid dienone is 1. The van der Waals surface area contributed by atoms with E-state index >= 15 is 0 Å². The molecule has 2 aromatic rings. The normalized spacial score (nSPS) is 14.9. The van der Waals surface area contributed by atoms with E-state index in [9.17, 15) is 0 Å². The molecular formula is C11H12N4. The van der Waals surface area contributed by atoms with Crippen LogP contribution in [0.1, 0.15) is 17.7 Å². The predicted octanol–water partition coefficient (Wildman–Crippen LogP) is 1.56. The molecule has 0 radical (unpaired) electrons. The van der Waals surface area contributed by atoms with Crippen LogP contribution in [0.2, 0.25) is 0 Å². The van der Waals surface area contributed by atoms with Crippen molar-refractivity contribution in [3.63, 3.8) is 0 Å². The van der Waals surface area contributed by atoms with E-state index in [2.05, 4.69) is 22.5 Å². The number of fused-ring (bicyclic) bond motifs is 1. The Balaban J connectivity index is 2.03. The summed E-state index contributed by atoms with van der Waals surface area (Å²) in [5.41, 5.74) is 3.78. The van der Waals surface area contributed by atoms with Gasteiger partial charge in [0.2, 0.25) is 0 Å². The summed E-state index contributed by atoms with van der Waals surface area (Å²) in [6, 6.07) is 2.07. The second kappa shape index (κ2) is 3.08. The van der Waals surface area contributed by atoms with Crippen LogP contribution in [0.15, 0.2) is 24.7 Å². The van der Waals surface area contributed by atoms with Gasteiger partial charge >= 0.3 is 0 Å². The van der Waals surface area contributed by atoms with Gasteiger partial charge in [-0.05, 0) is 24.5 Å². The van der Waals surface area contributed by atoms with Crippen LogP contribution in [0, 0.1) is 0 Å². The van der Waals surface area contributed by atoms with Crippen molar-refractivity contribution in [3.05, 3.63) is 35.9 Å². The van der Waals surface area contributed by atoms with E-state index in [0.717, 1.165) is 12.8 Å². The van der Waals surface area contributed by atoms with Crippen molar-refractivity contribution in [1.29, 1.82) is 0 Å². The zero-order valence-electron chi connectivity index (χ0n) is 8.59. The van der Waals surface area contributed by atoms with Crippen molar-refractivity contribution in [2.45, 2.75) is 12.8 Å². The molecule has 0 atom stereocenters. The van der Waals surface area contributed by atoms with Crippen LogP contribution in [-0.4, -0.2) is 19.6 Å². The lowest BCUT2D eigenvalue weighted by atomic mass is 10.0. The van der Waals surface area contributed by atoms with Crippen LogP contribution in [0.25, 0.3) is 11.8 Å². The largest absolute Gasteiger partial charge is 0.275 e. The maximum atomic E-state index is 4.25. The fraction of sp³-hybridized carbons (Fsp3) is 0.273. The zero-order valence-corrected chi connectivity index (χ0v) is 8.59. The van der Waals surface area contributed by atoms with Crippen molar-refractivity contribution in [1.82, 2.24) is 19.6 Å². The number of hydrogen-bond acceptors (Lipinski definition) is 2. The number of nitrogens with zero attached hydrogens (tertiary/aromatic N) is 4. The third-order valence-electron chi connectivity index (χ3n) is 2.76. The first kappa shape index (κ1) is 8.47. The van der Waals surface area contributed by atoms with Gasteiger partial charge in [0.1, 0.15) is 0 Å². The molecule has 2 aromatic heterocycles. The molecule has 0 amide bonds. The second-order valence-corrected chi connectivity index (χ2v) is 3.82. The van der Waals surface area contributed by atoms with Crippen molar-refractivity contribution in [2.75, 3.05) is 0 Å². The molecule has 0 unspecified atom stereocenters. The average Bonchev–Trinajstić information content (AvgIpc) is 2.84. The third-order valence-corrected chi connectivity index (χ3v) is 2.76. The Morgan fingerprint density at radius 1 is 1.27 bits per heavy atom. The predicted molar refractivity (Wildman–Crippen MR) is 57.9 cm³/mol. The summed E-state index contributed by atoms with van der Waals surface area (Å²) in [4.78, 5) is 0. The Morgan fingerprint density at radius 3 is 3.00 bits per heavy atom. The molecular weight excluding hydrogens is 188 g/mol. The lowest BCUT2D eigenvalue weighted by Gasteiger charge is -2.12. The van der Waals surface area contributed by atoms with Crippen molar-refractivity contribution >= 4 is 11.8 Å². The summed E-state index contributed by atoms with van der Waals surface area (Å²) in [7, 11) is 1.94. The van der Waals surface area contributed by atoms with Crippen molar-refractivity contribution in [3.8, 4) is 0 Å². The summed E-state index contributed by atoms with van der Waals surface area (Å²) < 4.78 is 3.78. The molecule has 0 spiro atoms. The molecule has 3 heterocycles. The van der Waals surface area contributed by atoms with Gasteiger partial charge in [-0.15, -0.1) is 0 Å². The summed E-state index contributed by atoms with van der Waals surface area (Å²) in [5.74, 6) is 0. The van der Waals surface area contributed by atoms with E-state index in [-0.39, 0.29) is 0 Å². The number of aryl methyl sites for hydroxylation is 2. The fourth-order valence-corrected chi connectivity index (χ4v) is 1.94. The van der Waals surface area contributed by atoms with Gasteiger partial charge in [-0.3, -0.25) is 4.68 Å². The third kappa shape index (κ3) is 1.38. The molecule has 1 aliphatic rings. The van der Waals surface area contributed by atoms with Crippen LogP contribution < -0.4 is 0 Å². The minimum atomic E-state index is 1.06. The number of aromatic nitrogens is 4. The number of hydrogen-bond donors (Lipinski definition) is 0. The Bertz CT molecular complexity index is 518. The van der Waals surface area contributed by atoms with Crippen LogP contribution in [0.5, 0.6) is 0 Å². The molecule has 0 saturated heterocycles. The van der Waals surface area contributed by atoms with Crippen LogP contribution in [0.3, 0.4) is 0 Å². The monoisotopic (exact) mass is 200 g/mol. The Hall–Kier alpha value is -1.84. The highest BCUT2D eigenvalue weighted by molar-refractivity contribution is 5.75. The maximum Gasteiger partial charge on any atom is 0.0565 e. The fourth-order valence-electron chi connectivity index (χ4n) is 1.94. The zero-order chi connectivity index (χ0) is 10.3. The molecule has 0 bridgehead atoms. The van der Waals surface area contributed by atoms with Gasteiger partial charge in [-0.2, -0.15) is 10.2 Å². The van der Waals surface area contributed by atoms with Gasteiger partial charge in [-0.1, -0.05) is 0 Å². The van der Waals surface area contributed by atoms with E-state index in [1.165, 1.54) is 16.8 Å². The van der Waals surface area contributed by atoms with E-state index in [0.29, 0.717) is 0 Å². The molecule has 3 rings (SSSR count). The van der Waals surface area contributed by atoms with Gasteiger partial charge in [-0.25, -0.2) is 4.68 Å². The van der Waals surface area contributed by atoms with Gasteiger partial charge in [0.05, 0.1) is 6.20 Å². The molecule has 15 heavy (non-hydrogen) atoms. The van der Waals surface area contributed by atoms with E-state index < -0.39 is 0 Å². The summed E-state index contributed by atoms with van der Waals surface area (Å²) in [5, 5.41) is 8.43. The lowest BCUT2D eigenvalue weighted by molar-refractivity contribution is 0.767. The molecule has 0 aliphatic carbocycles. The smallest absolute Gasteiger partial charge is 0.0565 e. The van der Waals surface area contributed by atoms with E-state index in [4.69, 9.17) is 0 Å². The minimum Gasteiger partial charge on any atom is -0.275 e. The van der Waals surface area contributed by atoms with E-state index in [1.807, 2.05) is 35.0 Å². The van der Waals surface area contributed by atoms with Crippen LogP contribution in [0.4, 0.5) is 0 Å². The molecule has 0 N–H and O–H groups in total. The number of rotatable bonds is 1. The highest BCUT2D eigenvalue weighted by Crippen LogP contribution is 2.25. The highest BCUT2D eigenvalue weighted by Gasteiger charge is 2.12. The first-order valence-corrected chi connectivity index (χ1v) is 5.05.